The fourth-order valence-electron chi connectivity index (χ4n) is 3.20. The van der Waals surface area contributed by atoms with Gasteiger partial charge in [-0.1, -0.05) is 17.7 Å². The Morgan fingerprint density at radius 2 is 1.45 bits per heavy atom. The fraction of sp³-hybridized carbons (Fsp3) is 0.500. The van der Waals surface area contributed by atoms with Crippen LogP contribution in [0.5, 0.6) is 5.75 Å². The van der Waals surface area contributed by atoms with E-state index in [0.29, 0.717) is 5.56 Å². The molecule has 1 heterocycles. The zero-order chi connectivity index (χ0) is 23.3. The highest BCUT2D eigenvalue weighted by atomic mass is 35.5. The van der Waals surface area contributed by atoms with E-state index >= 15 is 0 Å². The molecule has 5 atom stereocenters. The summed E-state index contributed by atoms with van der Waals surface area (Å²) in [5.41, 5.74) is 0.333. The molecule has 1 N–H and O–H groups in total. The van der Waals surface area contributed by atoms with Crippen LogP contribution in [0.4, 0.5) is 0 Å². The van der Waals surface area contributed by atoms with Gasteiger partial charge in [0.2, 0.25) is 0 Å². The molecule has 1 aliphatic heterocycles. The minimum absolute atomic E-state index is 0.0781. The summed E-state index contributed by atoms with van der Waals surface area (Å²) in [5, 5.41) is 10.1. The van der Waals surface area contributed by atoms with Crippen LogP contribution < -0.4 is 0 Å². The lowest BCUT2D eigenvalue weighted by molar-refractivity contribution is -0.254. The SMILES string of the molecule is CC(=O)OC[C@H]1O[C@@H](c2ccc(Cl)c(O)c2)[C@H](OC(C)=O)[C@@H](OC(C)=O)[C@@H]1OC(C)=O. The second-order valence-electron chi connectivity index (χ2n) is 6.83. The molecular formula is C20H23ClO10. The molecule has 0 unspecified atom stereocenters. The van der Waals surface area contributed by atoms with Gasteiger partial charge in [0, 0.05) is 27.7 Å². The molecule has 0 aliphatic carbocycles. The molecule has 11 heteroatoms. The monoisotopic (exact) mass is 458 g/mol. The molecule has 0 bridgehead atoms. The number of halogens is 1. The Bertz CT molecular complexity index is 854. The van der Waals surface area contributed by atoms with E-state index in [1.807, 2.05) is 0 Å². The average Bonchev–Trinajstić information content (AvgIpc) is 2.64. The van der Waals surface area contributed by atoms with Crippen molar-refractivity contribution in [1.29, 1.82) is 0 Å². The van der Waals surface area contributed by atoms with Crippen molar-refractivity contribution < 1.29 is 48.0 Å². The van der Waals surface area contributed by atoms with Gasteiger partial charge in [0.15, 0.2) is 18.3 Å². The summed E-state index contributed by atoms with van der Waals surface area (Å²) in [6.45, 7) is 4.26. The largest absolute Gasteiger partial charge is 0.506 e. The highest BCUT2D eigenvalue weighted by Gasteiger charge is 2.52. The van der Waals surface area contributed by atoms with Crippen LogP contribution in [-0.2, 0) is 42.9 Å². The van der Waals surface area contributed by atoms with E-state index in [1.165, 1.54) is 25.1 Å². The van der Waals surface area contributed by atoms with Crippen LogP contribution in [0, 0.1) is 0 Å². The predicted octanol–water partition coefficient (Wildman–Crippen LogP) is 1.84. The lowest BCUT2D eigenvalue weighted by Crippen LogP contribution is -2.59. The minimum Gasteiger partial charge on any atom is -0.506 e. The van der Waals surface area contributed by atoms with Crippen molar-refractivity contribution in [2.24, 2.45) is 0 Å². The van der Waals surface area contributed by atoms with Crippen LogP contribution >= 0.6 is 11.6 Å². The second-order valence-corrected chi connectivity index (χ2v) is 7.24. The molecule has 170 valence electrons. The number of hydrogen-bond acceptors (Lipinski definition) is 10. The van der Waals surface area contributed by atoms with Crippen molar-refractivity contribution in [2.45, 2.75) is 58.2 Å². The standard InChI is InChI=1S/C20H23ClO10/c1-9(22)27-8-16-18(28-10(2)23)20(30-12(4)25)19(29-11(3)24)17(31-16)13-5-6-14(21)15(26)7-13/h5-7,16-20,26H,8H2,1-4H3/t16-,17+,18-,19+,20+/m1/s1. The van der Waals surface area contributed by atoms with Gasteiger partial charge in [-0.25, -0.2) is 0 Å². The molecule has 1 aromatic rings. The number of phenols is 1. The van der Waals surface area contributed by atoms with Gasteiger partial charge in [-0.2, -0.15) is 0 Å². The minimum atomic E-state index is -1.29. The summed E-state index contributed by atoms with van der Waals surface area (Å²) >= 11 is 5.87. The summed E-state index contributed by atoms with van der Waals surface area (Å²) in [5.74, 6) is -3.04. The normalized spacial score (nSPS) is 25.3. The smallest absolute Gasteiger partial charge is 0.303 e. The van der Waals surface area contributed by atoms with Crippen LogP contribution in [0.1, 0.15) is 39.4 Å². The van der Waals surface area contributed by atoms with E-state index in [4.69, 9.17) is 35.3 Å². The Morgan fingerprint density at radius 3 is 1.97 bits per heavy atom. The molecule has 0 radical (unpaired) electrons. The molecule has 0 saturated carbocycles. The van der Waals surface area contributed by atoms with Crippen molar-refractivity contribution >= 4 is 35.5 Å². The van der Waals surface area contributed by atoms with Gasteiger partial charge in [-0.05, 0) is 17.7 Å². The van der Waals surface area contributed by atoms with Gasteiger partial charge < -0.3 is 28.8 Å². The third-order valence-corrected chi connectivity index (χ3v) is 4.61. The van der Waals surface area contributed by atoms with Gasteiger partial charge >= 0.3 is 23.9 Å². The van der Waals surface area contributed by atoms with Gasteiger partial charge in [-0.3, -0.25) is 19.2 Å². The molecule has 1 fully saturated rings. The number of esters is 4. The number of benzene rings is 1. The highest BCUT2D eigenvalue weighted by molar-refractivity contribution is 6.32. The average molecular weight is 459 g/mol. The Morgan fingerprint density at radius 1 is 0.903 bits per heavy atom. The summed E-state index contributed by atoms with van der Waals surface area (Å²) < 4.78 is 27.0. The Balaban J connectivity index is 2.56. The number of ether oxygens (including phenoxy) is 5. The lowest BCUT2D eigenvalue weighted by Gasteiger charge is -2.44. The molecule has 1 aliphatic rings. The summed E-state index contributed by atoms with van der Waals surface area (Å²) in [4.78, 5) is 46.6. The first kappa shape index (κ1) is 24.4. The molecule has 1 saturated heterocycles. The van der Waals surface area contributed by atoms with E-state index in [0.717, 1.165) is 20.8 Å². The molecule has 0 spiro atoms. The quantitative estimate of drug-likeness (QED) is 0.496. The van der Waals surface area contributed by atoms with Gasteiger partial charge in [0.05, 0.1) is 5.02 Å². The summed E-state index contributed by atoms with van der Waals surface area (Å²) in [7, 11) is 0. The van der Waals surface area contributed by atoms with Crippen molar-refractivity contribution in [3.63, 3.8) is 0 Å². The summed E-state index contributed by atoms with van der Waals surface area (Å²) in [6, 6.07) is 4.22. The number of phenolic OH excluding ortho intramolecular Hbond substituents is 1. The van der Waals surface area contributed by atoms with Crippen molar-refractivity contribution in [1.82, 2.24) is 0 Å². The lowest BCUT2D eigenvalue weighted by atomic mass is 9.90. The second kappa shape index (κ2) is 10.5. The molecule has 31 heavy (non-hydrogen) atoms. The number of carbonyl (C=O) groups excluding carboxylic acids is 4. The maximum Gasteiger partial charge on any atom is 0.303 e. The number of aromatic hydroxyl groups is 1. The maximum absolute atomic E-state index is 11.8. The first-order chi connectivity index (χ1) is 14.5. The summed E-state index contributed by atoms with van der Waals surface area (Å²) in [6.07, 6.45) is -5.94. The third-order valence-electron chi connectivity index (χ3n) is 4.29. The molecule has 0 aromatic heterocycles. The van der Waals surface area contributed by atoms with E-state index < -0.39 is 54.4 Å². The van der Waals surface area contributed by atoms with Crippen molar-refractivity contribution in [3.8, 4) is 5.75 Å². The third kappa shape index (κ3) is 6.56. The zero-order valence-corrected chi connectivity index (χ0v) is 18.1. The first-order valence-electron chi connectivity index (χ1n) is 9.28. The Labute approximate surface area is 183 Å². The Kier molecular flexibility index (Phi) is 8.23. The topological polar surface area (TPSA) is 135 Å². The van der Waals surface area contributed by atoms with Crippen LogP contribution in [0.15, 0.2) is 18.2 Å². The van der Waals surface area contributed by atoms with E-state index in [1.54, 1.807) is 0 Å². The number of rotatable bonds is 6. The zero-order valence-electron chi connectivity index (χ0n) is 17.3. The highest BCUT2D eigenvalue weighted by Crippen LogP contribution is 2.39. The van der Waals surface area contributed by atoms with Crippen LogP contribution in [0.3, 0.4) is 0 Å². The van der Waals surface area contributed by atoms with E-state index in [9.17, 15) is 24.3 Å². The molecule has 2 rings (SSSR count). The fourth-order valence-corrected chi connectivity index (χ4v) is 3.32. The van der Waals surface area contributed by atoms with Crippen molar-refractivity contribution in [2.75, 3.05) is 6.61 Å². The first-order valence-corrected chi connectivity index (χ1v) is 9.66. The van der Waals surface area contributed by atoms with Gasteiger partial charge in [0.1, 0.15) is 24.6 Å². The molecule has 1 aromatic carbocycles. The van der Waals surface area contributed by atoms with Crippen LogP contribution in [-0.4, -0.2) is 60.0 Å². The van der Waals surface area contributed by atoms with Crippen molar-refractivity contribution in [3.05, 3.63) is 28.8 Å². The van der Waals surface area contributed by atoms with E-state index in [-0.39, 0.29) is 17.4 Å². The van der Waals surface area contributed by atoms with Gasteiger partial charge in [-0.15, -0.1) is 0 Å². The van der Waals surface area contributed by atoms with Crippen LogP contribution in [0.25, 0.3) is 0 Å². The predicted molar refractivity (Wildman–Crippen MR) is 104 cm³/mol. The molecule has 0 amide bonds. The number of carbonyl (C=O) groups is 4. The maximum atomic E-state index is 11.8. The van der Waals surface area contributed by atoms with Crippen LogP contribution in [0.2, 0.25) is 5.02 Å². The molecular weight excluding hydrogens is 436 g/mol. The molecule has 10 nitrogen and oxygen atoms in total. The van der Waals surface area contributed by atoms with Gasteiger partial charge in [0.25, 0.3) is 0 Å². The number of hydrogen-bond donors (Lipinski definition) is 1. The Hall–Kier alpha value is -2.85. The van der Waals surface area contributed by atoms with E-state index in [2.05, 4.69) is 0 Å².